The average Bonchev–Trinajstić information content (AvgIpc) is 2.91. The maximum atomic E-state index is 9.50. The Morgan fingerprint density at radius 2 is 1.79 bits per heavy atom. The van der Waals surface area contributed by atoms with E-state index in [0.717, 1.165) is 49.6 Å². The van der Waals surface area contributed by atoms with Crippen LogP contribution in [-0.2, 0) is 6.54 Å². The molecule has 0 bridgehead atoms. The quantitative estimate of drug-likeness (QED) is 0.918. The third kappa shape index (κ3) is 3.06. The second-order valence-corrected chi connectivity index (χ2v) is 5.14. The smallest absolute Gasteiger partial charge is 0.134 e. The van der Waals surface area contributed by atoms with Gasteiger partial charge in [0.1, 0.15) is 11.5 Å². The van der Waals surface area contributed by atoms with Gasteiger partial charge < -0.3 is 9.52 Å². The number of likely N-dealkylation sites (tertiary alicyclic amines) is 1. The van der Waals surface area contributed by atoms with Crippen LogP contribution in [0.4, 0.5) is 0 Å². The van der Waals surface area contributed by atoms with Gasteiger partial charge in [-0.15, -0.1) is 0 Å². The van der Waals surface area contributed by atoms with Gasteiger partial charge in [0.15, 0.2) is 0 Å². The van der Waals surface area contributed by atoms with E-state index in [-0.39, 0.29) is 6.10 Å². The molecule has 1 aliphatic rings. The Bertz CT molecular complexity index is 513. The lowest BCUT2D eigenvalue weighted by Crippen LogP contribution is -2.35. The van der Waals surface area contributed by atoms with Gasteiger partial charge in [-0.25, -0.2) is 0 Å². The molecule has 0 amide bonds. The number of furan rings is 1. The highest BCUT2D eigenvalue weighted by molar-refractivity contribution is 5.57. The van der Waals surface area contributed by atoms with E-state index >= 15 is 0 Å². The summed E-state index contributed by atoms with van der Waals surface area (Å²) in [5.74, 6) is 1.92. The SMILES string of the molecule is OC1CCN(Cc2ccc(-c3ccccc3)o2)CC1. The maximum Gasteiger partial charge on any atom is 0.134 e. The van der Waals surface area contributed by atoms with Crippen molar-refractivity contribution in [3.8, 4) is 11.3 Å². The summed E-state index contributed by atoms with van der Waals surface area (Å²) in [4.78, 5) is 2.33. The molecule has 0 radical (unpaired) electrons. The number of benzene rings is 1. The van der Waals surface area contributed by atoms with Gasteiger partial charge in [-0.05, 0) is 25.0 Å². The first-order chi connectivity index (χ1) is 9.31. The van der Waals surface area contributed by atoms with Gasteiger partial charge in [-0.1, -0.05) is 30.3 Å². The van der Waals surface area contributed by atoms with Crippen molar-refractivity contribution in [1.29, 1.82) is 0 Å². The van der Waals surface area contributed by atoms with Crippen LogP contribution in [-0.4, -0.2) is 29.2 Å². The molecule has 0 aliphatic carbocycles. The molecule has 2 heterocycles. The molecule has 1 aromatic carbocycles. The van der Waals surface area contributed by atoms with Crippen molar-refractivity contribution in [3.63, 3.8) is 0 Å². The zero-order chi connectivity index (χ0) is 13.1. The molecule has 3 rings (SSSR count). The summed E-state index contributed by atoms with van der Waals surface area (Å²) in [6, 6.07) is 14.2. The van der Waals surface area contributed by atoms with Crippen molar-refractivity contribution < 1.29 is 9.52 Å². The van der Waals surface area contributed by atoms with E-state index in [9.17, 15) is 5.11 Å². The molecule has 0 unspecified atom stereocenters. The number of aliphatic hydroxyl groups is 1. The van der Waals surface area contributed by atoms with E-state index in [4.69, 9.17) is 4.42 Å². The second kappa shape index (κ2) is 5.59. The fraction of sp³-hybridized carbons (Fsp3) is 0.375. The van der Waals surface area contributed by atoms with E-state index in [0.29, 0.717) is 0 Å². The Balaban J connectivity index is 1.65. The Labute approximate surface area is 113 Å². The molecule has 19 heavy (non-hydrogen) atoms. The largest absolute Gasteiger partial charge is 0.460 e. The molecule has 1 fully saturated rings. The van der Waals surface area contributed by atoms with Gasteiger partial charge in [-0.2, -0.15) is 0 Å². The molecule has 0 spiro atoms. The zero-order valence-electron chi connectivity index (χ0n) is 11.0. The first-order valence-electron chi connectivity index (χ1n) is 6.86. The van der Waals surface area contributed by atoms with Crippen molar-refractivity contribution in [2.45, 2.75) is 25.5 Å². The predicted octanol–water partition coefficient (Wildman–Crippen LogP) is 2.90. The van der Waals surface area contributed by atoms with E-state index < -0.39 is 0 Å². The molecule has 1 saturated heterocycles. The average molecular weight is 257 g/mol. The highest BCUT2D eigenvalue weighted by Crippen LogP contribution is 2.23. The van der Waals surface area contributed by atoms with Crippen LogP contribution in [0.15, 0.2) is 46.9 Å². The summed E-state index contributed by atoms with van der Waals surface area (Å²) in [6.45, 7) is 2.73. The van der Waals surface area contributed by atoms with Gasteiger partial charge in [0, 0.05) is 18.7 Å². The molecule has 2 aromatic rings. The minimum absolute atomic E-state index is 0.118. The zero-order valence-corrected chi connectivity index (χ0v) is 11.0. The normalized spacial score (nSPS) is 17.7. The van der Waals surface area contributed by atoms with Gasteiger partial charge in [0.25, 0.3) is 0 Å². The summed E-state index contributed by atoms with van der Waals surface area (Å²) in [5.41, 5.74) is 1.11. The summed E-state index contributed by atoms with van der Waals surface area (Å²) in [7, 11) is 0. The number of aliphatic hydroxyl groups excluding tert-OH is 1. The van der Waals surface area contributed by atoms with Crippen LogP contribution in [0.2, 0.25) is 0 Å². The fourth-order valence-corrected chi connectivity index (χ4v) is 2.52. The predicted molar refractivity (Wildman–Crippen MR) is 74.7 cm³/mol. The Morgan fingerprint density at radius 1 is 1.05 bits per heavy atom. The first kappa shape index (κ1) is 12.5. The number of hydrogen-bond donors (Lipinski definition) is 1. The number of hydrogen-bond acceptors (Lipinski definition) is 3. The third-order valence-corrected chi connectivity index (χ3v) is 3.66. The summed E-state index contributed by atoms with van der Waals surface area (Å²) in [5, 5.41) is 9.50. The first-order valence-corrected chi connectivity index (χ1v) is 6.86. The molecule has 3 heteroatoms. The molecular formula is C16H19NO2. The van der Waals surface area contributed by atoms with E-state index in [1.54, 1.807) is 0 Å². The molecule has 0 saturated carbocycles. The Morgan fingerprint density at radius 3 is 2.53 bits per heavy atom. The van der Waals surface area contributed by atoms with Gasteiger partial charge in [0.05, 0.1) is 12.6 Å². The van der Waals surface area contributed by atoms with Crippen LogP contribution in [0.5, 0.6) is 0 Å². The third-order valence-electron chi connectivity index (χ3n) is 3.66. The number of piperidine rings is 1. The summed E-state index contributed by atoms with van der Waals surface area (Å²) >= 11 is 0. The highest BCUT2D eigenvalue weighted by Gasteiger charge is 2.18. The van der Waals surface area contributed by atoms with Crippen LogP contribution in [0, 0.1) is 0 Å². The van der Waals surface area contributed by atoms with Crippen LogP contribution in [0.1, 0.15) is 18.6 Å². The highest BCUT2D eigenvalue weighted by atomic mass is 16.3. The molecule has 0 atom stereocenters. The van der Waals surface area contributed by atoms with Gasteiger partial charge in [-0.3, -0.25) is 4.90 Å². The molecule has 1 aliphatic heterocycles. The molecule has 100 valence electrons. The minimum atomic E-state index is -0.118. The molecule has 1 aromatic heterocycles. The number of nitrogens with zero attached hydrogens (tertiary/aromatic N) is 1. The van der Waals surface area contributed by atoms with Gasteiger partial charge >= 0.3 is 0 Å². The maximum absolute atomic E-state index is 9.50. The Hall–Kier alpha value is -1.58. The second-order valence-electron chi connectivity index (χ2n) is 5.14. The standard InChI is InChI=1S/C16H19NO2/c18-14-8-10-17(11-9-14)12-15-6-7-16(19-15)13-4-2-1-3-5-13/h1-7,14,18H,8-12H2. The van der Waals surface area contributed by atoms with Crippen molar-refractivity contribution in [3.05, 3.63) is 48.2 Å². The summed E-state index contributed by atoms with van der Waals surface area (Å²) in [6.07, 6.45) is 1.62. The van der Waals surface area contributed by atoms with Crippen molar-refractivity contribution >= 4 is 0 Å². The van der Waals surface area contributed by atoms with Crippen molar-refractivity contribution in [2.24, 2.45) is 0 Å². The van der Waals surface area contributed by atoms with E-state index in [1.807, 2.05) is 30.3 Å². The van der Waals surface area contributed by atoms with Crippen LogP contribution in [0.3, 0.4) is 0 Å². The Kier molecular flexibility index (Phi) is 3.67. The van der Waals surface area contributed by atoms with Crippen LogP contribution < -0.4 is 0 Å². The summed E-state index contributed by atoms with van der Waals surface area (Å²) < 4.78 is 5.90. The monoisotopic (exact) mass is 257 g/mol. The lowest BCUT2D eigenvalue weighted by atomic mass is 10.1. The molecule has 1 N–H and O–H groups in total. The van der Waals surface area contributed by atoms with Crippen LogP contribution >= 0.6 is 0 Å². The molecule has 3 nitrogen and oxygen atoms in total. The minimum Gasteiger partial charge on any atom is -0.460 e. The van der Waals surface area contributed by atoms with Crippen LogP contribution in [0.25, 0.3) is 11.3 Å². The fourth-order valence-electron chi connectivity index (χ4n) is 2.52. The lowest BCUT2D eigenvalue weighted by molar-refractivity contribution is 0.0761. The van der Waals surface area contributed by atoms with Crippen molar-refractivity contribution in [1.82, 2.24) is 4.90 Å². The van der Waals surface area contributed by atoms with E-state index in [2.05, 4.69) is 17.0 Å². The van der Waals surface area contributed by atoms with E-state index in [1.165, 1.54) is 0 Å². The van der Waals surface area contributed by atoms with Gasteiger partial charge in [0.2, 0.25) is 0 Å². The molecular weight excluding hydrogens is 238 g/mol. The number of rotatable bonds is 3. The topological polar surface area (TPSA) is 36.6 Å². The van der Waals surface area contributed by atoms with Crippen molar-refractivity contribution in [2.75, 3.05) is 13.1 Å². The lowest BCUT2D eigenvalue weighted by Gasteiger charge is -2.28.